The molecule has 2 aromatic carbocycles. The molecule has 0 aliphatic carbocycles. The van der Waals surface area contributed by atoms with E-state index in [2.05, 4.69) is 57.4 Å². The number of piperidine rings is 1. The number of hydrogen-bond donors (Lipinski definition) is 2. The molecule has 1 aliphatic heterocycles. The first-order valence-electron chi connectivity index (χ1n) is 10.8. The Morgan fingerprint density at radius 3 is 2.59 bits per heavy atom. The second kappa shape index (κ2) is 9.86. The van der Waals surface area contributed by atoms with Crippen LogP contribution < -0.4 is 5.32 Å². The molecule has 0 saturated carbocycles. The van der Waals surface area contributed by atoms with Crippen LogP contribution in [-0.2, 0) is 6.54 Å². The Labute approximate surface area is 198 Å². The molecule has 5 nitrogen and oxygen atoms in total. The first-order chi connectivity index (χ1) is 15.1. The minimum atomic E-state index is 0. The third-order valence-corrected chi connectivity index (χ3v) is 7.12. The molecule has 0 bridgehead atoms. The van der Waals surface area contributed by atoms with Crippen molar-refractivity contribution in [3.8, 4) is 16.2 Å². The molecule has 2 N–H and O–H groups in total. The lowest BCUT2D eigenvalue weighted by atomic mass is 9.99. The molecule has 32 heavy (non-hydrogen) atoms. The summed E-state index contributed by atoms with van der Waals surface area (Å²) in [7, 11) is 0. The normalized spacial score (nSPS) is 14.9. The molecule has 5 rings (SSSR count). The van der Waals surface area contributed by atoms with E-state index < -0.39 is 0 Å². The molecule has 4 aromatic rings. The van der Waals surface area contributed by atoms with Gasteiger partial charge in [-0.3, -0.25) is 4.90 Å². The standard InChI is InChI=1S/C25H26N4OS.ClH/c1-17-9-11-29(12-10-17)15-18-5-7-19(8-6-18)23-14-22-24(31-23)25(27-16-26-22)28-20-3-2-4-21(30)13-20;/h2-8,13-14,16-17,30H,9-12,15H2,1H3,(H,26,27,28);1H. The summed E-state index contributed by atoms with van der Waals surface area (Å²) in [6.07, 6.45) is 4.19. The average Bonchev–Trinajstić information content (AvgIpc) is 3.21. The Morgan fingerprint density at radius 2 is 1.84 bits per heavy atom. The topological polar surface area (TPSA) is 61.3 Å². The molecule has 1 aliphatic rings. The fourth-order valence-corrected chi connectivity index (χ4v) is 5.12. The van der Waals surface area contributed by atoms with E-state index in [0.717, 1.165) is 34.2 Å². The summed E-state index contributed by atoms with van der Waals surface area (Å²) in [5, 5.41) is 13.0. The van der Waals surface area contributed by atoms with Crippen LogP contribution in [0.5, 0.6) is 5.75 Å². The lowest BCUT2D eigenvalue weighted by Gasteiger charge is -2.30. The molecular weight excluding hydrogens is 440 g/mol. The molecule has 0 radical (unpaired) electrons. The minimum Gasteiger partial charge on any atom is -0.508 e. The molecular formula is C25H27ClN4OS. The zero-order valence-corrected chi connectivity index (χ0v) is 19.6. The Morgan fingerprint density at radius 1 is 1.06 bits per heavy atom. The van der Waals surface area contributed by atoms with Crippen LogP contribution in [0.25, 0.3) is 20.7 Å². The van der Waals surface area contributed by atoms with Crippen molar-refractivity contribution < 1.29 is 5.11 Å². The zero-order valence-electron chi connectivity index (χ0n) is 18.0. The number of anilines is 2. The summed E-state index contributed by atoms with van der Waals surface area (Å²) < 4.78 is 1.01. The third-order valence-electron chi connectivity index (χ3n) is 5.94. The van der Waals surface area contributed by atoms with Gasteiger partial charge in [-0.1, -0.05) is 37.3 Å². The van der Waals surface area contributed by atoms with E-state index in [1.54, 1.807) is 29.8 Å². The number of nitrogens with one attached hydrogen (secondary N) is 1. The number of nitrogens with zero attached hydrogens (tertiary/aromatic N) is 3. The Bertz CT molecular complexity index is 1190. The second-order valence-electron chi connectivity index (χ2n) is 8.38. The van der Waals surface area contributed by atoms with Crippen molar-refractivity contribution in [3.05, 3.63) is 66.5 Å². The quantitative estimate of drug-likeness (QED) is 0.353. The molecule has 3 heterocycles. The SMILES string of the molecule is CC1CCN(Cc2ccc(-c3cc4ncnc(Nc5cccc(O)c5)c4s3)cc2)CC1.Cl. The van der Waals surface area contributed by atoms with Gasteiger partial charge in [0.2, 0.25) is 0 Å². The second-order valence-corrected chi connectivity index (χ2v) is 9.43. The van der Waals surface area contributed by atoms with Gasteiger partial charge < -0.3 is 10.4 Å². The number of fused-ring (bicyclic) bond motifs is 1. The van der Waals surface area contributed by atoms with Crippen LogP contribution in [0.2, 0.25) is 0 Å². The number of thiophene rings is 1. The van der Waals surface area contributed by atoms with Gasteiger partial charge in [-0.15, -0.1) is 23.7 Å². The summed E-state index contributed by atoms with van der Waals surface area (Å²) >= 11 is 1.68. The predicted octanol–water partition coefficient (Wildman–Crippen LogP) is 6.46. The molecule has 0 spiro atoms. The smallest absolute Gasteiger partial charge is 0.151 e. The van der Waals surface area contributed by atoms with E-state index >= 15 is 0 Å². The Kier molecular flexibility index (Phi) is 6.94. The first kappa shape index (κ1) is 22.5. The summed E-state index contributed by atoms with van der Waals surface area (Å²) in [5.41, 5.74) is 4.28. The van der Waals surface area contributed by atoms with Crippen LogP contribution >= 0.6 is 23.7 Å². The fraction of sp³-hybridized carbons (Fsp3) is 0.280. The summed E-state index contributed by atoms with van der Waals surface area (Å²) in [5.74, 6) is 1.84. The number of halogens is 1. The highest BCUT2D eigenvalue weighted by Gasteiger charge is 2.16. The zero-order chi connectivity index (χ0) is 21.2. The molecule has 7 heteroatoms. The maximum absolute atomic E-state index is 9.72. The number of aromatic hydroxyl groups is 1. The lowest BCUT2D eigenvalue weighted by molar-refractivity contribution is 0.185. The van der Waals surface area contributed by atoms with Crippen LogP contribution in [-0.4, -0.2) is 33.1 Å². The summed E-state index contributed by atoms with van der Waals surface area (Å²) in [4.78, 5) is 12.6. The molecule has 2 aromatic heterocycles. The van der Waals surface area contributed by atoms with Gasteiger partial charge in [0.15, 0.2) is 5.82 Å². The van der Waals surface area contributed by atoms with Crippen molar-refractivity contribution in [2.24, 2.45) is 5.92 Å². The lowest BCUT2D eigenvalue weighted by Crippen LogP contribution is -2.32. The van der Waals surface area contributed by atoms with Gasteiger partial charge in [-0.05, 0) is 61.2 Å². The van der Waals surface area contributed by atoms with Crippen LogP contribution in [0.4, 0.5) is 11.5 Å². The third kappa shape index (κ3) is 5.04. The molecule has 166 valence electrons. The van der Waals surface area contributed by atoms with Gasteiger partial charge in [0.05, 0.1) is 10.2 Å². The van der Waals surface area contributed by atoms with Gasteiger partial charge in [0.25, 0.3) is 0 Å². The fourth-order valence-electron chi connectivity index (χ4n) is 4.06. The number of benzene rings is 2. The molecule has 0 amide bonds. The van der Waals surface area contributed by atoms with Crippen molar-refractivity contribution in [1.82, 2.24) is 14.9 Å². The van der Waals surface area contributed by atoms with Crippen molar-refractivity contribution in [2.75, 3.05) is 18.4 Å². The van der Waals surface area contributed by atoms with Crippen LogP contribution in [0, 0.1) is 5.92 Å². The highest BCUT2D eigenvalue weighted by atomic mass is 35.5. The van der Waals surface area contributed by atoms with Gasteiger partial charge in [-0.2, -0.15) is 0 Å². The number of likely N-dealkylation sites (tertiary alicyclic amines) is 1. The highest BCUT2D eigenvalue weighted by Crippen LogP contribution is 2.37. The van der Waals surface area contributed by atoms with E-state index in [4.69, 9.17) is 0 Å². The number of hydrogen-bond acceptors (Lipinski definition) is 6. The number of phenolic OH excluding ortho intramolecular Hbond substituents is 1. The Balaban J connectivity index is 0.00000245. The highest BCUT2D eigenvalue weighted by molar-refractivity contribution is 7.22. The van der Waals surface area contributed by atoms with Gasteiger partial charge in [-0.25, -0.2) is 9.97 Å². The largest absolute Gasteiger partial charge is 0.508 e. The van der Waals surface area contributed by atoms with Crippen LogP contribution in [0.1, 0.15) is 25.3 Å². The van der Waals surface area contributed by atoms with E-state index in [9.17, 15) is 5.11 Å². The first-order valence-corrected chi connectivity index (χ1v) is 11.6. The number of aromatic nitrogens is 2. The Hall–Kier alpha value is -2.67. The summed E-state index contributed by atoms with van der Waals surface area (Å²) in [6, 6.07) is 18.1. The molecule has 1 fully saturated rings. The van der Waals surface area contributed by atoms with Crippen LogP contribution in [0.3, 0.4) is 0 Å². The minimum absolute atomic E-state index is 0. The molecule has 0 atom stereocenters. The van der Waals surface area contributed by atoms with Crippen molar-refractivity contribution in [3.63, 3.8) is 0 Å². The monoisotopic (exact) mass is 466 g/mol. The van der Waals surface area contributed by atoms with Crippen molar-refractivity contribution >= 4 is 45.5 Å². The summed E-state index contributed by atoms with van der Waals surface area (Å²) in [6.45, 7) is 5.79. The van der Waals surface area contributed by atoms with Crippen molar-refractivity contribution in [1.29, 1.82) is 0 Å². The van der Waals surface area contributed by atoms with E-state index in [-0.39, 0.29) is 18.2 Å². The maximum Gasteiger partial charge on any atom is 0.151 e. The van der Waals surface area contributed by atoms with E-state index in [1.165, 1.54) is 41.9 Å². The predicted molar refractivity (Wildman–Crippen MR) is 135 cm³/mol. The molecule has 0 unspecified atom stereocenters. The van der Waals surface area contributed by atoms with E-state index in [0.29, 0.717) is 0 Å². The van der Waals surface area contributed by atoms with Crippen molar-refractivity contribution in [2.45, 2.75) is 26.3 Å². The number of rotatable bonds is 5. The average molecular weight is 467 g/mol. The maximum atomic E-state index is 9.72. The van der Waals surface area contributed by atoms with Gasteiger partial charge >= 0.3 is 0 Å². The van der Waals surface area contributed by atoms with Crippen LogP contribution in [0.15, 0.2) is 60.9 Å². The molecule has 1 saturated heterocycles. The van der Waals surface area contributed by atoms with Gasteiger partial charge in [0, 0.05) is 23.2 Å². The number of phenols is 1. The van der Waals surface area contributed by atoms with Gasteiger partial charge in [0.1, 0.15) is 12.1 Å². The van der Waals surface area contributed by atoms with E-state index in [1.807, 2.05) is 12.1 Å².